The minimum Gasteiger partial charge on any atom is -0.291 e. The third-order valence-corrected chi connectivity index (χ3v) is 3.55. The van der Waals surface area contributed by atoms with Crippen LogP contribution in [0.4, 0.5) is 0 Å². The quantitative estimate of drug-likeness (QED) is 0.833. The van der Waals surface area contributed by atoms with Crippen LogP contribution >= 0.6 is 11.3 Å². The zero-order chi connectivity index (χ0) is 12.3. The minimum atomic E-state index is 0.278. The van der Waals surface area contributed by atoms with Gasteiger partial charge in [0.2, 0.25) is 0 Å². The molecule has 5 heteroatoms. The smallest absolute Gasteiger partial charge is 0.131 e. The van der Waals surface area contributed by atoms with Gasteiger partial charge in [0, 0.05) is 12.2 Å². The fraction of sp³-hybridized carbons (Fsp3) is 0.417. The van der Waals surface area contributed by atoms with Gasteiger partial charge in [0.15, 0.2) is 0 Å². The van der Waals surface area contributed by atoms with E-state index in [-0.39, 0.29) is 6.04 Å². The topological polar surface area (TPSA) is 41.9 Å². The Morgan fingerprint density at radius 2 is 2.18 bits per heavy atom. The monoisotopic (exact) mass is 248 g/mol. The van der Waals surface area contributed by atoms with Crippen LogP contribution in [0.2, 0.25) is 0 Å². The number of hydrogen-bond donors (Lipinski definition) is 0. The molecule has 1 atom stereocenters. The van der Waals surface area contributed by atoms with Crippen molar-refractivity contribution in [1.82, 2.24) is 20.1 Å². The molecule has 1 unspecified atom stereocenters. The van der Waals surface area contributed by atoms with Gasteiger partial charge in [-0.1, -0.05) is 6.07 Å². The van der Waals surface area contributed by atoms with Gasteiger partial charge in [-0.2, -0.15) is 0 Å². The predicted molar refractivity (Wildman–Crippen MR) is 68.8 cm³/mol. The molecule has 0 aliphatic rings. The van der Waals surface area contributed by atoms with Crippen LogP contribution in [0.15, 0.2) is 24.4 Å². The van der Waals surface area contributed by atoms with Gasteiger partial charge in [-0.25, -0.2) is 0 Å². The average molecular weight is 248 g/mol. The summed E-state index contributed by atoms with van der Waals surface area (Å²) in [7, 11) is 2.08. The van der Waals surface area contributed by atoms with Crippen molar-refractivity contribution in [2.24, 2.45) is 0 Å². The molecule has 0 fully saturated rings. The van der Waals surface area contributed by atoms with E-state index in [2.05, 4.69) is 34.1 Å². The molecule has 0 saturated heterocycles. The molecule has 90 valence electrons. The van der Waals surface area contributed by atoms with Crippen molar-refractivity contribution in [3.8, 4) is 0 Å². The van der Waals surface area contributed by atoms with Crippen LogP contribution in [0.5, 0.6) is 0 Å². The summed E-state index contributed by atoms with van der Waals surface area (Å²) in [4.78, 5) is 6.60. The van der Waals surface area contributed by atoms with E-state index < -0.39 is 0 Å². The summed E-state index contributed by atoms with van der Waals surface area (Å²) < 4.78 is 0. The molecule has 0 aromatic carbocycles. The Hall–Kier alpha value is -1.33. The van der Waals surface area contributed by atoms with E-state index in [1.54, 1.807) is 11.3 Å². The highest BCUT2D eigenvalue weighted by atomic mass is 32.1. The van der Waals surface area contributed by atoms with E-state index in [1.165, 1.54) is 0 Å². The molecular weight excluding hydrogens is 232 g/mol. The molecule has 2 rings (SSSR count). The second-order valence-corrected chi connectivity index (χ2v) is 5.33. The lowest BCUT2D eigenvalue weighted by atomic mass is 10.2. The summed E-state index contributed by atoms with van der Waals surface area (Å²) >= 11 is 1.64. The standard InChI is InChI=1S/C12H16N4S/c1-9(11-6-4-5-7-13-11)16(3)8-12-15-14-10(2)17-12/h4-7,9H,8H2,1-3H3. The van der Waals surface area contributed by atoms with Gasteiger partial charge in [-0.05, 0) is 33.0 Å². The number of aromatic nitrogens is 3. The van der Waals surface area contributed by atoms with Crippen LogP contribution in [0.3, 0.4) is 0 Å². The Labute approximate surface area is 105 Å². The number of hydrogen-bond acceptors (Lipinski definition) is 5. The first-order valence-electron chi connectivity index (χ1n) is 5.57. The SMILES string of the molecule is Cc1nnc(CN(C)C(C)c2ccccn2)s1. The predicted octanol–water partition coefficient (Wildman–Crippen LogP) is 2.43. The maximum absolute atomic E-state index is 4.37. The summed E-state index contributed by atoms with van der Waals surface area (Å²) in [5, 5.41) is 10.2. The molecule has 2 aromatic rings. The Kier molecular flexibility index (Phi) is 3.81. The van der Waals surface area contributed by atoms with E-state index in [4.69, 9.17) is 0 Å². The summed E-state index contributed by atoms with van der Waals surface area (Å²) in [5.74, 6) is 0. The Bertz CT molecular complexity index is 468. The number of rotatable bonds is 4. The van der Waals surface area contributed by atoms with Gasteiger partial charge in [0.05, 0.1) is 12.2 Å². The summed E-state index contributed by atoms with van der Waals surface area (Å²) in [5.41, 5.74) is 1.08. The highest BCUT2D eigenvalue weighted by molar-refractivity contribution is 7.11. The van der Waals surface area contributed by atoms with Crippen molar-refractivity contribution in [1.29, 1.82) is 0 Å². The lowest BCUT2D eigenvalue weighted by Crippen LogP contribution is -2.22. The third kappa shape index (κ3) is 3.08. The van der Waals surface area contributed by atoms with Crippen molar-refractivity contribution in [3.05, 3.63) is 40.1 Å². The van der Waals surface area contributed by atoms with Crippen LogP contribution in [0.1, 0.15) is 28.7 Å². The van der Waals surface area contributed by atoms with Crippen LogP contribution < -0.4 is 0 Å². The van der Waals surface area contributed by atoms with Gasteiger partial charge in [0.1, 0.15) is 10.0 Å². The lowest BCUT2D eigenvalue weighted by molar-refractivity contribution is 0.248. The van der Waals surface area contributed by atoms with Crippen LogP contribution in [-0.4, -0.2) is 27.1 Å². The van der Waals surface area contributed by atoms with E-state index in [1.807, 2.05) is 31.3 Å². The molecule has 0 aliphatic carbocycles. The van der Waals surface area contributed by atoms with E-state index in [0.717, 1.165) is 22.3 Å². The van der Waals surface area contributed by atoms with Crippen molar-refractivity contribution >= 4 is 11.3 Å². The Morgan fingerprint density at radius 3 is 2.76 bits per heavy atom. The largest absolute Gasteiger partial charge is 0.291 e. The number of pyridine rings is 1. The maximum atomic E-state index is 4.37. The van der Waals surface area contributed by atoms with Crippen LogP contribution in [-0.2, 0) is 6.54 Å². The molecule has 2 heterocycles. The van der Waals surface area contributed by atoms with Crippen LogP contribution in [0.25, 0.3) is 0 Å². The van der Waals surface area contributed by atoms with Gasteiger partial charge in [-0.15, -0.1) is 21.5 Å². The number of nitrogens with zero attached hydrogens (tertiary/aromatic N) is 4. The van der Waals surface area contributed by atoms with Gasteiger partial charge in [0.25, 0.3) is 0 Å². The molecule has 0 amide bonds. The zero-order valence-corrected chi connectivity index (χ0v) is 11.1. The average Bonchev–Trinajstić information content (AvgIpc) is 2.75. The maximum Gasteiger partial charge on any atom is 0.131 e. The lowest BCUT2D eigenvalue weighted by Gasteiger charge is -2.22. The molecule has 2 aromatic heterocycles. The number of aryl methyl sites for hydroxylation is 1. The van der Waals surface area contributed by atoms with Gasteiger partial charge >= 0.3 is 0 Å². The molecule has 17 heavy (non-hydrogen) atoms. The zero-order valence-electron chi connectivity index (χ0n) is 10.3. The van der Waals surface area contributed by atoms with Crippen molar-refractivity contribution in [3.63, 3.8) is 0 Å². The molecule has 0 bridgehead atoms. The first-order valence-corrected chi connectivity index (χ1v) is 6.38. The molecule has 0 N–H and O–H groups in total. The minimum absolute atomic E-state index is 0.278. The molecular formula is C12H16N4S. The first-order chi connectivity index (χ1) is 8.16. The second kappa shape index (κ2) is 5.33. The third-order valence-electron chi connectivity index (χ3n) is 2.73. The van der Waals surface area contributed by atoms with Crippen molar-refractivity contribution in [2.45, 2.75) is 26.4 Å². The normalized spacial score (nSPS) is 12.9. The fourth-order valence-electron chi connectivity index (χ4n) is 1.60. The summed E-state index contributed by atoms with van der Waals surface area (Å²) in [6.45, 7) is 4.93. The van der Waals surface area contributed by atoms with Crippen molar-refractivity contribution in [2.75, 3.05) is 7.05 Å². The fourth-order valence-corrected chi connectivity index (χ4v) is 2.37. The second-order valence-electron chi connectivity index (χ2n) is 4.06. The van der Waals surface area contributed by atoms with Gasteiger partial charge in [-0.3, -0.25) is 9.88 Å². The summed E-state index contributed by atoms with van der Waals surface area (Å²) in [6, 6.07) is 6.28. The van der Waals surface area contributed by atoms with Gasteiger partial charge < -0.3 is 0 Å². The molecule has 0 spiro atoms. The van der Waals surface area contributed by atoms with Crippen molar-refractivity contribution < 1.29 is 0 Å². The highest BCUT2D eigenvalue weighted by Crippen LogP contribution is 2.19. The highest BCUT2D eigenvalue weighted by Gasteiger charge is 2.14. The molecule has 0 radical (unpaired) electrons. The van der Waals surface area contributed by atoms with E-state index in [9.17, 15) is 0 Å². The molecule has 4 nitrogen and oxygen atoms in total. The Balaban J connectivity index is 2.03. The Morgan fingerprint density at radius 1 is 1.35 bits per heavy atom. The molecule has 0 aliphatic heterocycles. The first kappa shape index (κ1) is 12.1. The van der Waals surface area contributed by atoms with E-state index in [0.29, 0.717) is 0 Å². The summed E-state index contributed by atoms with van der Waals surface area (Å²) in [6.07, 6.45) is 1.83. The molecule has 0 saturated carbocycles. The van der Waals surface area contributed by atoms with E-state index >= 15 is 0 Å². The van der Waals surface area contributed by atoms with Crippen LogP contribution in [0, 0.1) is 6.92 Å².